The molecule has 3 atom stereocenters. The molecule has 1 saturated heterocycles. The molecule has 4 aliphatic heterocycles. The van der Waals surface area contributed by atoms with Crippen LogP contribution in [-0.2, 0) is 0 Å². The molecule has 1 fully saturated rings. The molecule has 0 aromatic heterocycles. The zero-order valence-corrected chi connectivity index (χ0v) is 29.7. The van der Waals surface area contributed by atoms with Crippen molar-refractivity contribution in [1.82, 2.24) is 10.3 Å². The lowest BCUT2D eigenvalue weighted by Gasteiger charge is -2.45. The van der Waals surface area contributed by atoms with Crippen molar-refractivity contribution >= 4 is 67.7 Å². The van der Waals surface area contributed by atoms with Crippen LogP contribution in [0, 0.1) is 0 Å². The number of benzene rings is 5. The summed E-state index contributed by atoms with van der Waals surface area (Å²) in [5.41, 5.74) is 8.18. The molecule has 5 aromatic carbocycles. The van der Waals surface area contributed by atoms with Gasteiger partial charge in [0.25, 0.3) is 5.24 Å². The minimum atomic E-state index is -1.30. The first-order valence-corrected chi connectivity index (χ1v) is 18.3. The molecule has 0 aliphatic carbocycles. The quantitative estimate of drug-likeness (QED) is 0.193. The lowest BCUT2D eigenvalue weighted by molar-refractivity contribution is -0.0949. The standard InChI is InChI=1S/C40H29BrClN5O2S/c41-29-15-20-37-32(22-29)36-24-34(27-13-16-30(42)17-14-27)45-47(36)40(49-37)38(50-39(48)43-40)21-25-11-18-31(19-12-25)46-35(28-9-5-2-6-10-28)23-33(44-46)26-7-3-1-4-8-26/h1-22,35-36H,23-24H2,(H,43,48)/b38-21-. The maximum Gasteiger partial charge on any atom is 0.314 e. The number of rotatable bonds is 5. The Hall–Kier alpha value is -4.83. The van der Waals surface area contributed by atoms with Crippen molar-refractivity contribution in [3.8, 4) is 5.75 Å². The van der Waals surface area contributed by atoms with Crippen LogP contribution in [0.5, 0.6) is 5.75 Å². The van der Waals surface area contributed by atoms with Crippen molar-refractivity contribution in [3.63, 3.8) is 0 Å². The number of hydrogen-bond acceptors (Lipinski definition) is 7. The summed E-state index contributed by atoms with van der Waals surface area (Å²) in [5, 5.41) is 17.9. The summed E-state index contributed by atoms with van der Waals surface area (Å²) in [5.74, 6) is -0.596. The summed E-state index contributed by atoms with van der Waals surface area (Å²) in [7, 11) is 0. The molecular weight excluding hydrogens is 730 g/mol. The molecule has 4 heterocycles. The highest BCUT2D eigenvalue weighted by Crippen LogP contribution is 2.53. The van der Waals surface area contributed by atoms with Gasteiger partial charge in [-0.1, -0.05) is 112 Å². The van der Waals surface area contributed by atoms with Gasteiger partial charge in [0, 0.05) is 27.9 Å². The number of carbonyl (C=O) groups is 1. The molecule has 0 saturated carbocycles. The molecule has 9 rings (SSSR count). The van der Waals surface area contributed by atoms with Crippen molar-refractivity contribution in [2.75, 3.05) is 5.01 Å². The van der Waals surface area contributed by atoms with Gasteiger partial charge in [0.2, 0.25) is 0 Å². The fraction of sp³-hybridized carbons (Fsp3) is 0.125. The minimum Gasteiger partial charge on any atom is -0.444 e. The predicted molar refractivity (Wildman–Crippen MR) is 204 cm³/mol. The predicted octanol–water partition coefficient (Wildman–Crippen LogP) is 10.2. The first-order chi connectivity index (χ1) is 24.4. The molecule has 4 aliphatic rings. The number of hydrazone groups is 2. The number of nitrogens with zero attached hydrogens (tertiary/aromatic N) is 4. The smallest absolute Gasteiger partial charge is 0.314 e. The van der Waals surface area contributed by atoms with E-state index >= 15 is 0 Å². The Kier molecular flexibility index (Phi) is 7.79. The van der Waals surface area contributed by atoms with Gasteiger partial charge in [-0.25, -0.2) is 5.01 Å². The number of thioether (sulfide) groups is 1. The van der Waals surface area contributed by atoms with E-state index in [1.165, 1.54) is 5.56 Å². The number of fused-ring (bicyclic) bond motifs is 4. The van der Waals surface area contributed by atoms with E-state index < -0.39 is 5.85 Å². The molecular formula is C40H29BrClN5O2S. The fourth-order valence-corrected chi connectivity index (χ4v) is 8.48. The van der Waals surface area contributed by atoms with Gasteiger partial charge in [-0.15, -0.1) is 0 Å². The van der Waals surface area contributed by atoms with E-state index in [2.05, 4.69) is 105 Å². The third-order valence-corrected chi connectivity index (χ3v) is 11.1. The Labute approximate surface area is 307 Å². The van der Waals surface area contributed by atoms with E-state index in [0.717, 1.165) is 62.0 Å². The van der Waals surface area contributed by atoms with E-state index in [1.807, 2.05) is 59.6 Å². The SMILES string of the molecule is O=C1NC2(Oc3ccc(Br)cc3C3CC(c4ccc(Cl)cc4)=NN32)/C(=C/c2ccc(N3N=C(c4ccccc4)CC3c3ccccc3)cc2)S1. The first kappa shape index (κ1) is 31.2. The molecule has 7 nitrogen and oxygen atoms in total. The van der Waals surface area contributed by atoms with Gasteiger partial charge in [-0.3, -0.25) is 15.1 Å². The number of anilines is 1. The second-order valence-corrected chi connectivity index (χ2v) is 14.9. The van der Waals surface area contributed by atoms with Crippen LogP contribution >= 0.6 is 39.3 Å². The van der Waals surface area contributed by atoms with Crippen LogP contribution in [0.3, 0.4) is 0 Å². The van der Waals surface area contributed by atoms with Crippen LogP contribution in [0.25, 0.3) is 6.08 Å². The summed E-state index contributed by atoms with van der Waals surface area (Å²) >= 11 is 11.0. The summed E-state index contributed by atoms with van der Waals surface area (Å²) in [6.45, 7) is 0. The third kappa shape index (κ3) is 5.50. The van der Waals surface area contributed by atoms with E-state index in [-0.39, 0.29) is 17.3 Å². The lowest BCUT2D eigenvalue weighted by Crippen LogP contribution is -2.61. The Balaban J connectivity index is 1.08. The van der Waals surface area contributed by atoms with Gasteiger partial charge in [0.1, 0.15) is 5.75 Å². The highest BCUT2D eigenvalue weighted by Gasteiger charge is 2.58. The van der Waals surface area contributed by atoms with Crippen LogP contribution in [0.15, 0.2) is 147 Å². The summed E-state index contributed by atoms with van der Waals surface area (Å²) < 4.78 is 7.71. The molecule has 1 N–H and O–H groups in total. The zero-order valence-electron chi connectivity index (χ0n) is 26.5. The number of amides is 1. The third-order valence-electron chi connectivity index (χ3n) is 9.46. The molecule has 5 aromatic rings. The van der Waals surface area contributed by atoms with E-state index in [1.54, 1.807) is 0 Å². The first-order valence-electron chi connectivity index (χ1n) is 16.3. The van der Waals surface area contributed by atoms with Crippen LogP contribution in [-0.4, -0.2) is 27.5 Å². The number of carbonyl (C=O) groups excluding carboxylic acids is 1. The Bertz CT molecular complexity index is 2210. The number of halogens is 2. The van der Waals surface area contributed by atoms with Gasteiger partial charge >= 0.3 is 5.85 Å². The van der Waals surface area contributed by atoms with Gasteiger partial charge in [0.15, 0.2) is 0 Å². The van der Waals surface area contributed by atoms with Gasteiger partial charge in [-0.2, -0.15) is 10.2 Å². The normalized spacial score (nSPS) is 23.0. The van der Waals surface area contributed by atoms with Gasteiger partial charge < -0.3 is 4.74 Å². The molecule has 1 spiro atoms. The molecule has 246 valence electrons. The van der Waals surface area contributed by atoms with Gasteiger partial charge in [-0.05, 0) is 82.6 Å². The van der Waals surface area contributed by atoms with Crippen molar-refractivity contribution in [1.29, 1.82) is 0 Å². The van der Waals surface area contributed by atoms with E-state index in [9.17, 15) is 4.79 Å². The molecule has 3 unspecified atom stereocenters. The molecule has 0 bridgehead atoms. The number of hydrogen-bond donors (Lipinski definition) is 1. The average molecular weight is 759 g/mol. The molecule has 0 radical (unpaired) electrons. The van der Waals surface area contributed by atoms with Crippen molar-refractivity contribution < 1.29 is 9.53 Å². The maximum absolute atomic E-state index is 13.2. The number of nitrogens with one attached hydrogen (secondary N) is 1. The monoisotopic (exact) mass is 757 g/mol. The number of ether oxygens (including phenoxy) is 1. The summed E-state index contributed by atoms with van der Waals surface area (Å²) in [4.78, 5) is 13.9. The van der Waals surface area contributed by atoms with Crippen molar-refractivity contribution in [2.45, 2.75) is 30.8 Å². The summed E-state index contributed by atoms with van der Waals surface area (Å²) in [6.07, 6.45) is 3.46. The highest BCUT2D eigenvalue weighted by atomic mass is 79.9. The Morgan fingerprint density at radius 2 is 1.50 bits per heavy atom. The molecule has 10 heteroatoms. The highest BCUT2D eigenvalue weighted by molar-refractivity contribution is 9.10. The second-order valence-electron chi connectivity index (χ2n) is 12.5. The second kappa shape index (κ2) is 12.5. The molecule has 1 amide bonds. The average Bonchev–Trinajstić information content (AvgIpc) is 3.87. The fourth-order valence-electron chi connectivity index (χ4n) is 7.07. The zero-order chi connectivity index (χ0) is 33.8. The lowest BCUT2D eigenvalue weighted by atomic mass is 9.95. The Morgan fingerprint density at radius 3 is 2.26 bits per heavy atom. The van der Waals surface area contributed by atoms with Crippen LogP contribution < -0.4 is 15.1 Å². The van der Waals surface area contributed by atoms with E-state index in [0.29, 0.717) is 22.1 Å². The van der Waals surface area contributed by atoms with Crippen LogP contribution in [0.2, 0.25) is 5.02 Å². The van der Waals surface area contributed by atoms with Gasteiger partial charge in [0.05, 0.1) is 34.1 Å². The van der Waals surface area contributed by atoms with Crippen molar-refractivity contribution in [3.05, 3.63) is 170 Å². The largest absolute Gasteiger partial charge is 0.444 e. The van der Waals surface area contributed by atoms with Crippen LogP contribution in [0.4, 0.5) is 10.5 Å². The summed E-state index contributed by atoms with van der Waals surface area (Å²) in [6, 6.07) is 42.8. The molecule has 50 heavy (non-hydrogen) atoms. The Morgan fingerprint density at radius 1 is 0.820 bits per heavy atom. The minimum absolute atomic E-state index is 0.0710. The topological polar surface area (TPSA) is 69.5 Å². The maximum atomic E-state index is 13.2. The van der Waals surface area contributed by atoms with E-state index in [4.69, 9.17) is 26.5 Å². The van der Waals surface area contributed by atoms with Crippen LogP contribution in [0.1, 0.15) is 52.7 Å². The van der Waals surface area contributed by atoms with Crippen molar-refractivity contribution in [2.24, 2.45) is 10.2 Å².